The van der Waals surface area contributed by atoms with Crippen LogP contribution in [0.1, 0.15) is 17.4 Å². The molecule has 0 aliphatic carbocycles. The van der Waals surface area contributed by atoms with Crippen molar-refractivity contribution in [3.05, 3.63) is 39.8 Å². The van der Waals surface area contributed by atoms with Crippen LogP contribution in [0.4, 0.5) is 0 Å². The average Bonchev–Trinajstić information content (AvgIpc) is 3.00. The lowest BCUT2D eigenvalue weighted by atomic mass is 10.1. The molecule has 3 rings (SSSR count). The van der Waals surface area contributed by atoms with Crippen molar-refractivity contribution >= 4 is 44.4 Å². The topological polar surface area (TPSA) is 68.1 Å². The van der Waals surface area contributed by atoms with E-state index in [0.29, 0.717) is 15.9 Å². The normalized spacial score (nSPS) is 11.0. The second-order valence-corrected chi connectivity index (χ2v) is 5.32. The fourth-order valence-corrected chi connectivity index (χ4v) is 2.47. The third kappa shape index (κ3) is 2.45. The fraction of sp³-hybridized carbons (Fsp3) is 0.143. The van der Waals surface area contributed by atoms with Gasteiger partial charge in [-0.25, -0.2) is 9.78 Å². The van der Waals surface area contributed by atoms with Crippen molar-refractivity contribution in [2.75, 3.05) is 6.61 Å². The molecule has 2 heterocycles. The lowest BCUT2D eigenvalue weighted by Gasteiger charge is -2.01. The highest BCUT2D eigenvalue weighted by Gasteiger charge is 2.24. The van der Waals surface area contributed by atoms with Crippen LogP contribution in [0.15, 0.2) is 33.3 Å². The van der Waals surface area contributed by atoms with E-state index in [1.54, 1.807) is 6.92 Å². The minimum atomic E-state index is -0.464. The highest BCUT2D eigenvalue weighted by Crippen LogP contribution is 2.36. The summed E-state index contributed by atoms with van der Waals surface area (Å²) in [7, 11) is 0. The molecule has 1 N–H and O–H groups in total. The Morgan fingerprint density at radius 2 is 2.24 bits per heavy atom. The number of benzene rings is 1. The van der Waals surface area contributed by atoms with E-state index in [-0.39, 0.29) is 17.7 Å². The van der Waals surface area contributed by atoms with Gasteiger partial charge in [-0.15, -0.1) is 0 Å². The molecule has 0 amide bonds. The molecule has 0 aliphatic heterocycles. The summed E-state index contributed by atoms with van der Waals surface area (Å²) in [5.74, 6) is -0.207. The van der Waals surface area contributed by atoms with Crippen molar-refractivity contribution < 1.29 is 13.9 Å². The van der Waals surface area contributed by atoms with Gasteiger partial charge in [0, 0.05) is 10.9 Å². The maximum absolute atomic E-state index is 12.1. The van der Waals surface area contributed by atoms with E-state index >= 15 is 0 Å². The second kappa shape index (κ2) is 5.54. The monoisotopic (exact) mass is 368 g/mol. The number of ether oxygens (including phenoxy) is 1. The number of para-hydroxylation sites is 1. The molecular weight excluding hydrogens is 360 g/mol. The number of carbonyl (C=O) groups is 1. The zero-order chi connectivity index (χ0) is 15.0. The van der Waals surface area contributed by atoms with Crippen LogP contribution in [0.5, 0.6) is 0 Å². The van der Waals surface area contributed by atoms with Gasteiger partial charge in [-0.3, -0.25) is 0 Å². The Kier molecular flexibility index (Phi) is 3.73. The Labute approximate surface area is 133 Å². The number of hydrogen-bond acceptors (Lipinski definition) is 4. The first-order valence-corrected chi connectivity index (χ1v) is 7.39. The van der Waals surface area contributed by atoms with Crippen molar-refractivity contribution in [1.82, 2.24) is 9.97 Å². The highest BCUT2D eigenvalue weighted by molar-refractivity contribution is 9.10. The number of halogens is 2. The summed E-state index contributed by atoms with van der Waals surface area (Å²) in [6.45, 7) is 2.03. The number of aromatic nitrogens is 2. The standard InChI is InChI=1S/C14H10BrClN2O3/c1-2-20-14(19)10-9(13-18-11(15)12(16)21-13)7-5-3-4-6-8(7)17-10/h3-6,17H,2H2,1H3. The number of nitrogens with one attached hydrogen (secondary N) is 1. The minimum Gasteiger partial charge on any atom is -0.461 e. The summed E-state index contributed by atoms with van der Waals surface area (Å²) in [6, 6.07) is 7.47. The second-order valence-electron chi connectivity index (χ2n) is 4.22. The van der Waals surface area contributed by atoms with Gasteiger partial charge in [-0.2, -0.15) is 0 Å². The number of H-pyrrole nitrogens is 1. The first-order chi connectivity index (χ1) is 10.1. The summed E-state index contributed by atoms with van der Waals surface area (Å²) >= 11 is 9.08. The third-order valence-corrected chi connectivity index (χ3v) is 3.97. The number of aromatic amines is 1. The van der Waals surface area contributed by atoms with Crippen LogP contribution in [0, 0.1) is 0 Å². The lowest BCUT2D eigenvalue weighted by molar-refractivity contribution is 0.0521. The predicted octanol–water partition coefficient (Wildman–Crippen LogP) is 4.42. The van der Waals surface area contributed by atoms with E-state index in [0.717, 1.165) is 10.9 Å². The van der Waals surface area contributed by atoms with Crippen LogP contribution in [-0.4, -0.2) is 22.5 Å². The van der Waals surface area contributed by atoms with Gasteiger partial charge in [-0.1, -0.05) is 18.2 Å². The molecule has 7 heteroatoms. The van der Waals surface area contributed by atoms with Crippen molar-refractivity contribution in [2.45, 2.75) is 6.92 Å². The van der Waals surface area contributed by atoms with Crippen molar-refractivity contribution in [3.8, 4) is 11.5 Å². The molecule has 0 unspecified atom stereocenters. The molecule has 1 aromatic carbocycles. The quantitative estimate of drug-likeness (QED) is 0.694. The van der Waals surface area contributed by atoms with Gasteiger partial charge in [0.05, 0.1) is 12.2 Å². The molecule has 0 aliphatic rings. The van der Waals surface area contributed by atoms with E-state index in [4.69, 9.17) is 20.8 Å². The Morgan fingerprint density at radius 1 is 1.48 bits per heavy atom. The van der Waals surface area contributed by atoms with Gasteiger partial charge in [0.1, 0.15) is 5.69 Å². The lowest BCUT2D eigenvalue weighted by Crippen LogP contribution is -2.06. The maximum atomic E-state index is 12.1. The predicted molar refractivity (Wildman–Crippen MR) is 82.5 cm³/mol. The van der Waals surface area contributed by atoms with Crippen LogP contribution in [0.2, 0.25) is 5.22 Å². The smallest absolute Gasteiger partial charge is 0.355 e. The summed E-state index contributed by atoms with van der Waals surface area (Å²) < 4.78 is 10.9. The number of rotatable bonds is 3. The van der Waals surface area contributed by atoms with Crippen LogP contribution in [0.25, 0.3) is 22.4 Å². The van der Waals surface area contributed by atoms with E-state index in [2.05, 4.69) is 25.9 Å². The molecule has 0 bridgehead atoms. The molecule has 0 spiro atoms. The first-order valence-electron chi connectivity index (χ1n) is 6.21. The van der Waals surface area contributed by atoms with Gasteiger partial charge in [0.15, 0.2) is 4.60 Å². The van der Waals surface area contributed by atoms with Gasteiger partial charge < -0.3 is 14.1 Å². The Hall–Kier alpha value is -1.79. The van der Waals surface area contributed by atoms with E-state index in [9.17, 15) is 4.79 Å². The fourth-order valence-electron chi connectivity index (χ4n) is 2.11. The van der Waals surface area contributed by atoms with E-state index in [1.165, 1.54) is 0 Å². The Bertz CT molecular complexity index is 805. The van der Waals surface area contributed by atoms with Crippen LogP contribution in [-0.2, 0) is 4.74 Å². The van der Waals surface area contributed by atoms with Crippen molar-refractivity contribution in [1.29, 1.82) is 0 Å². The molecule has 0 fully saturated rings. The van der Waals surface area contributed by atoms with Gasteiger partial charge in [-0.05, 0) is 40.5 Å². The molecule has 3 aromatic rings. The van der Waals surface area contributed by atoms with Crippen molar-refractivity contribution in [2.24, 2.45) is 0 Å². The van der Waals surface area contributed by atoms with Crippen LogP contribution < -0.4 is 0 Å². The van der Waals surface area contributed by atoms with Gasteiger partial charge in [0.25, 0.3) is 0 Å². The summed E-state index contributed by atoms with van der Waals surface area (Å²) in [4.78, 5) is 19.4. The number of hydrogen-bond donors (Lipinski definition) is 1. The molecule has 0 radical (unpaired) electrons. The number of nitrogens with zero attached hydrogens (tertiary/aromatic N) is 1. The summed E-state index contributed by atoms with van der Waals surface area (Å²) in [6.07, 6.45) is 0. The van der Waals surface area contributed by atoms with E-state index in [1.807, 2.05) is 24.3 Å². The van der Waals surface area contributed by atoms with Crippen LogP contribution in [0.3, 0.4) is 0 Å². The third-order valence-electron chi connectivity index (χ3n) is 2.95. The van der Waals surface area contributed by atoms with Crippen molar-refractivity contribution in [3.63, 3.8) is 0 Å². The van der Waals surface area contributed by atoms with Gasteiger partial charge >= 0.3 is 5.97 Å². The molecule has 0 atom stereocenters. The number of carbonyl (C=O) groups excluding carboxylic acids is 1. The Balaban J connectivity index is 2.27. The molecule has 0 saturated heterocycles. The Morgan fingerprint density at radius 3 is 2.90 bits per heavy atom. The molecule has 5 nitrogen and oxygen atoms in total. The average molecular weight is 370 g/mol. The molecule has 2 aromatic heterocycles. The molecule has 108 valence electrons. The minimum absolute atomic E-state index is 0.130. The number of fused-ring (bicyclic) bond motifs is 1. The SMILES string of the molecule is CCOC(=O)c1[nH]c2ccccc2c1-c1nc(Br)c(Cl)o1. The van der Waals surface area contributed by atoms with E-state index < -0.39 is 5.97 Å². The molecular formula is C14H10BrClN2O3. The molecule has 0 saturated carbocycles. The summed E-state index contributed by atoms with van der Waals surface area (Å²) in [5.41, 5.74) is 1.63. The highest BCUT2D eigenvalue weighted by atomic mass is 79.9. The van der Waals surface area contributed by atoms with Gasteiger partial charge in [0.2, 0.25) is 11.1 Å². The number of oxazole rings is 1. The molecule has 21 heavy (non-hydrogen) atoms. The number of esters is 1. The zero-order valence-electron chi connectivity index (χ0n) is 10.9. The maximum Gasteiger partial charge on any atom is 0.355 e. The summed E-state index contributed by atoms with van der Waals surface area (Å²) in [5, 5.41) is 0.941. The zero-order valence-corrected chi connectivity index (χ0v) is 13.3. The van der Waals surface area contributed by atoms with Crippen LogP contribution >= 0.6 is 27.5 Å². The largest absolute Gasteiger partial charge is 0.461 e. The first kappa shape index (κ1) is 14.2.